The number of amides is 1. The lowest BCUT2D eigenvalue weighted by molar-refractivity contribution is -0.401. The van der Waals surface area contributed by atoms with Crippen LogP contribution in [-0.4, -0.2) is 52.1 Å². The molecule has 1 aliphatic heterocycles. The zero-order chi connectivity index (χ0) is 26.2. The molecule has 6 nitrogen and oxygen atoms in total. The lowest BCUT2D eigenvalue weighted by Crippen LogP contribution is -2.69. The van der Waals surface area contributed by atoms with Crippen LogP contribution >= 0.6 is 11.6 Å². The molecule has 35 heavy (non-hydrogen) atoms. The first-order valence-corrected chi connectivity index (χ1v) is 9.86. The van der Waals surface area contributed by atoms with Gasteiger partial charge in [0.2, 0.25) is 5.72 Å². The number of aliphatic hydroxyl groups is 1. The van der Waals surface area contributed by atoms with Gasteiger partial charge >= 0.3 is 18.0 Å². The summed E-state index contributed by atoms with van der Waals surface area (Å²) in [4.78, 5) is 12.6. The largest absolute Gasteiger partial charge is 0.484 e. The van der Waals surface area contributed by atoms with Crippen molar-refractivity contribution in [3.63, 3.8) is 0 Å². The van der Waals surface area contributed by atoms with Gasteiger partial charge in [-0.1, -0.05) is 23.7 Å². The van der Waals surface area contributed by atoms with Crippen LogP contribution in [0, 0.1) is 11.3 Å². The number of alkyl halides is 7. The first-order chi connectivity index (χ1) is 16.1. The van der Waals surface area contributed by atoms with Gasteiger partial charge in [0.25, 0.3) is 5.91 Å². The molecule has 3 rings (SSSR count). The fourth-order valence-electron chi connectivity index (χ4n) is 3.12. The molecule has 2 aromatic carbocycles. The van der Waals surface area contributed by atoms with Crippen molar-refractivity contribution in [2.45, 2.75) is 30.2 Å². The lowest BCUT2D eigenvalue weighted by atomic mass is 9.91. The number of nitriles is 1. The van der Waals surface area contributed by atoms with Gasteiger partial charge in [0, 0.05) is 11.4 Å². The van der Waals surface area contributed by atoms with E-state index >= 15 is 0 Å². The molecule has 0 fully saturated rings. The van der Waals surface area contributed by atoms with Crippen molar-refractivity contribution in [1.29, 1.82) is 5.26 Å². The highest BCUT2D eigenvalue weighted by atomic mass is 35.5. The van der Waals surface area contributed by atoms with E-state index in [2.05, 4.69) is 5.10 Å². The van der Waals surface area contributed by atoms with E-state index in [1.807, 2.05) is 0 Å². The van der Waals surface area contributed by atoms with Gasteiger partial charge in [0.05, 0.1) is 17.3 Å². The number of carbonyl (C=O) groups excluding carboxylic acids is 1. The molecule has 0 spiro atoms. The van der Waals surface area contributed by atoms with Gasteiger partial charge < -0.3 is 9.84 Å². The number of hydrogen-bond donors (Lipinski definition) is 1. The first kappa shape index (κ1) is 26.2. The van der Waals surface area contributed by atoms with E-state index in [1.54, 1.807) is 6.07 Å². The van der Waals surface area contributed by atoms with Gasteiger partial charge in [-0.15, -0.1) is 0 Å². The zero-order valence-electron chi connectivity index (χ0n) is 17.2. The number of nitrogens with zero attached hydrogens (tertiary/aromatic N) is 3. The molecule has 1 N–H and O–H groups in total. The summed E-state index contributed by atoms with van der Waals surface area (Å²) < 4.78 is 101. The Morgan fingerprint density at radius 1 is 1.09 bits per heavy atom. The first-order valence-electron chi connectivity index (χ1n) is 9.48. The lowest BCUT2D eigenvalue weighted by Gasteiger charge is -2.41. The Bertz CT molecular complexity index is 1180. The second kappa shape index (κ2) is 9.01. The third-order valence-electron chi connectivity index (χ3n) is 5.00. The topological polar surface area (TPSA) is 85.9 Å². The van der Waals surface area contributed by atoms with Gasteiger partial charge in [0.1, 0.15) is 5.75 Å². The fraction of sp³-hybridized carbons (Fsp3) is 0.286. The van der Waals surface area contributed by atoms with Crippen molar-refractivity contribution < 1.29 is 45.4 Å². The second-order valence-corrected chi connectivity index (χ2v) is 7.76. The molecule has 0 aromatic heterocycles. The van der Waals surface area contributed by atoms with Gasteiger partial charge in [-0.05, 0) is 42.0 Å². The van der Waals surface area contributed by atoms with Gasteiger partial charge in [-0.3, -0.25) is 4.79 Å². The number of rotatable bonds is 6. The van der Waals surface area contributed by atoms with Crippen LogP contribution in [0.3, 0.4) is 0 Å². The molecule has 1 atom stereocenters. The summed E-state index contributed by atoms with van der Waals surface area (Å²) in [5, 5.41) is 22.4. The van der Waals surface area contributed by atoms with Gasteiger partial charge in [0.15, 0.2) is 6.61 Å². The van der Waals surface area contributed by atoms with Crippen LogP contribution in [-0.2, 0) is 4.79 Å². The molecule has 1 aliphatic rings. The summed E-state index contributed by atoms with van der Waals surface area (Å²) in [5.74, 6) is -14.7. The smallest absolute Gasteiger partial charge is 0.460 e. The number of carbonyl (C=O) groups is 1. The molecule has 0 aliphatic carbocycles. The maximum Gasteiger partial charge on any atom is 0.460 e. The number of benzene rings is 2. The molecule has 0 saturated carbocycles. The normalized spacial score (nSPS) is 18.7. The van der Waals surface area contributed by atoms with E-state index in [-0.39, 0.29) is 21.9 Å². The summed E-state index contributed by atoms with van der Waals surface area (Å²) in [7, 11) is 0. The average Bonchev–Trinajstić information content (AvgIpc) is 3.16. The molecule has 2 aromatic rings. The van der Waals surface area contributed by atoms with Crippen molar-refractivity contribution in [2.24, 2.45) is 5.10 Å². The number of halogens is 8. The van der Waals surface area contributed by atoms with Gasteiger partial charge in [-0.2, -0.15) is 46.1 Å². The Kier molecular flexibility index (Phi) is 6.75. The Hall–Kier alpha value is -3.37. The quantitative estimate of drug-likeness (QED) is 0.554. The fourth-order valence-corrected chi connectivity index (χ4v) is 3.24. The van der Waals surface area contributed by atoms with E-state index in [9.17, 15) is 40.6 Å². The van der Waals surface area contributed by atoms with E-state index in [0.29, 0.717) is 0 Å². The van der Waals surface area contributed by atoms with Gasteiger partial charge in [-0.25, -0.2) is 0 Å². The van der Waals surface area contributed by atoms with Crippen LogP contribution in [0.2, 0.25) is 5.02 Å². The molecule has 0 radical (unpaired) electrons. The Morgan fingerprint density at radius 3 is 2.17 bits per heavy atom. The molecule has 1 amide bonds. The Morgan fingerprint density at radius 2 is 1.66 bits per heavy atom. The number of ether oxygens (including phenoxy) is 1. The molecule has 1 heterocycles. The maximum absolute atomic E-state index is 14.7. The monoisotopic (exact) mass is 523 g/mol. The predicted octanol–water partition coefficient (Wildman–Crippen LogP) is 4.75. The number of hydrogen-bond acceptors (Lipinski definition) is 5. The second-order valence-electron chi connectivity index (χ2n) is 7.32. The summed E-state index contributed by atoms with van der Waals surface area (Å²) in [6, 6.07) is 11.7. The molecule has 14 heteroatoms. The van der Waals surface area contributed by atoms with E-state index in [0.717, 1.165) is 0 Å². The van der Waals surface area contributed by atoms with Crippen LogP contribution in [0.4, 0.5) is 30.7 Å². The molecule has 0 unspecified atom stereocenters. The summed E-state index contributed by atoms with van der Waals surface area (Å²) >= 11 is 5.72. The Balaban J connectivity index is 1.98. The van der Waals surface area contributed by atoms with Crippen molar-refractivity contribution >= 4 is 23.2 Å². The van der Waals surface area contributed by atoms with Crippen LogP contribution in [0.5, 0.6) is 5.75 Å². The highest BCUT2D eigenvalue weighted by Crippen LogP contribution is 2.54. The highest BCUT2D eigenvalue weighted by Gasteiger charge is 2.82. The zero-order valence-corrected chi connectivity index (χ0v) is 17.9. The minimum Gasteiger partial charge on any atom is -0.484 e. The van der Waals surface area contributed by atoms with E-state index < -0.39 is 53.4 Å². The molecule has 186 valence electrons. The van der Waals surface area contributed by atoms with Crippen LogP contribution in [0.15, 0.2) is 53.6 Å². The van der Waals surface area contributed by atoms with Crippen LogP contribution in [0.25, 0.3) is 0 Å². The predicted molar refractivity (Wildman–Crippen MR) is 107 cm³/mol. The Labute approximate surface area is 197 Å². The standard InChI is InChI=1S/C21H13ClF7N3O3/c22-14-5-3-13(4-6-14)16-9-18(34,19(23,24)20(25,26)21(27,28)29)32(31-16)17(33)11-35-15-7-1-12(10-30)2-8-15/h1-8,34H,9,11H2/t18-/m1/s1. The van der Waals surface area contributed by atoms with Crippen molar-refractivity contribution in [3.8, 4) is 11.8 Å². The highest BCUT2D eigenvalue weighted by molar-refractivity contribution is 6.30. The molecular formula is C21H13ClF7N3O3. The molecular weight excluding hydrogens is 511 g/mol. The van der Waals surface area contributed by atoms with Crippen molar-refractivity contribution in [3.05, 3.63) is 64.7 Å². The molecule has 0 saturated heterocycles. The average molecular weight is 524 g/mol. The van der Waals surface area contributed by atoms with Crippen LogP contribution < -0.4 is 4.74 Å². The minimum absolute atomic E-state index is 0.0608. The number of hydrazone groups is 1. The molecule has 0 bridgehead atoms. The summed E-state index contributed by atoms with van der Waals surface area (Å²) in [6.45, 7) is -1.17. The van der Waals surface area contributed by atoms with Crippen LogP contribution in [0.1, 0.15) is 17.5 Å². The third kappa shape index (κ3) is 4.63. The van der Waals surface area contributed by atoms with E-state index in [1.165, 1.54) is 48.5 Å². The van der Waals surface area contributed by atoms with Crippen molar-refractivity contribution in [2.75, 3.05) is 6.61 Å². The summed E-state index contributed by atoms with van der Waals surface area (Å²) in [5.41, 5.74) is -4.83. The SMILES string of the molecule is N#Cc1ccc(OCC(=O)N2N=C(c3ccc(Cl)cc3)C[C@@]2(O)C(F)(F)C(F)(F)C(F)(F)F)cc1. The third-order valence-corrected chi connectivity index (χ3v) is 5.25. The maximum atomic E-state index is 14.7. The van der Waals surface area contributed by atoms with E-state index in [4.69, 9.17) is 21.6 Å². The summed E-state index contributed by atoms with van der Waals surface area (Å²) in [6.07, 6.45) is -8.32. The van der Waals surface area contributed by atoms with Crippen molar-refractivity contribution in [1.82, 2.24) is 5.01 Å². The minimum atomic E-state index is -6.76.